The van der Waals surface area contributed by atoms with Crippen molar-refractivity contribution < 1.29 is 0 Å². The van der Waals surface area contributed by atoms with Gasteiger partial charge in [-0.05, 0) is 50.8 Å². The summed E-state index contributed by atoms with van der Waals surface area (Å²) in [6, 6.07) is 8.64. The molecule has 0 heterocycles. The fraction of sp³-hybridized carbons (Fsp3) is 0.538. The zero-order valence-corrected chi connectivity index (χ0v) is 11.5. The number of benzene rings is 1. The average Bonchev–Trinajstić information content (AvgIpc) is 2.25. The lowest BCUT2D eigenvalue weighted by Gasteiger charge is -2.25. The maximum atomic E-state index is 5.98. The number of rotatable bonds is 5. The van der Waals surface area contributed by atoms with Crippen LogP contribution in [0.15, 0.2) is 29.2 Å². The molecule has 0 atom stereocenters. The van der Waals surface area contributed by atoms with Crippen molar-refractivity contribution in [2.75, 3.05) is 24.7 Å². The van der Waals surface area contributed by atoms with Gasteiger partial charge in [0.1, 0.15) is 0 Å². The molecule has 2 nitrogen and oxygen atoms in total. The van der Waals surface area contributed by atoms with Crippen LogP contribution in [-0.4, -0.2) is 25.4 Å². The maximum absolute atomic E-state index is 5.98. The van der Waals surface area contributed by atoms with Gasteiger partial charge in [-0.1, -0.05) is 0 Å². The fourth-order valence-electron chi connectivity index (χ4n) is 1.42. The molecule has 3 heteroatoms. The SMILES string of the molecule is CSc1ccc(N(C)CCC(C)(C)N)cc1. The van der Waals surface area contributed by atoms with E-state index in [4.69, 9.17) is 5.73 Å². The summed E-state index contributed by atoms with van der Waals surface area (Å²) in [7, 11) is 2.11. The molecule has 1 rings (SSSR count). The molecule has 0 aromatic heterocycles. The third kappa shape index (κ3) is 4.45. The van der Waals surface area contributed by atoms with Crippen molar-refractivity contribution in [1.82, 2.24) is 0 Å². The highest BCUT2D eigenvalue weighted by molar-refractivity contribution is 7.98. The Bertz CT molecular complexity index is 314. The van der Waals surface area contributed by atoms with Gasteiger partial charge in [0.2, 0.25) is 0 Å². The van der Waals surface area contributed by atoms with Crippen molar-refractivity contribution in [3.63, 3.8) is 0 Å². The Hall–Kier alpha value is -0.670. The first-order valence-corrected chi connectivity index (χ1v) is 6.79. The molecule has 90 valence electrons. The van der Waals surface area contributed by atoms with E-state index in [1.807, 2.05) is 0 Å². The van der Waals surface area contributed by atoms with Crippen molar-refractivity contribution >= 4 is 17.4 Å². The highest BCUT2D eigenvalue weighted by Crippen LogP contribution is 2.20. The van der Waals surface area contributed by atoms with E-state index < -0.39 is 0 Å². The van der Waals surface area contributed by atoms with Gasteiger partial charge in [0.05, 0.1) is 0 Å². The first kappa shape index (κ1) is 13.4. The number of hydrogen-bond acceptors (Lipinski definition) is 3. The van der Waals surface area contributed by atoms with Crippen LogP contribution in [0.25, 0.3) is 0 Å². The lowest BCUT2D eigenvalue weighted by molar-refractivity contribution is 0.479. The van der Waals surface area contributed by atoms with E-state index in [9.17, 15) is 0 Å². The Kier molecular flexibility index (Phi) is 4.69. The summed E-state index contributed by atoms with van der Waals surface area (Å²) in [4.78, 5) is 3.55. The van der Waals surface area contributed by atoms with Gasteiger partial charge in [0.15, 0.2) is 0 Å². The van der Waals surface area contributed by atoms with Gasteiger partial charge in [0.25, 0.3) is 0 Å². The molecule has 0 aliphatic rings. The van der Waals surface area contributed by atoms with Gasteiger partial charge < -0.3 is 10.6 Å². The molecule has 1 aromatic carbocycles. The molecule has 0 fully saturated rings. The molecule has 0 radical (unpaired) electrons. The molecule has 0 saturated heterocycles. The van der Waals surface area contributed by atoms with Crippen LogP contribution in [0.3, 0.4) is 0 Å². The fourth-order valence-corrected chi connectivity index (χ4v) is 1.83. The topological polar surface area (TPSA) is 29.3 Å². The summed E-state index contributed by atoms with van der Waals surface area (Å²) >= 11 is 1.77. The Labute approximate surface area is 103 Å². The molecule has 0 aliphatic carbocycles. The summed E-state index contributed by atoms with van der Waals surface area (Å²) in [5.41, 5.74) is 7.14. The second-order valence-electron chi connectivity index (χ2n) is 4.86. The molecule has 0 saturated carbocycles. The Balaban J connectivity index is 2.56. The van der Waals surface area contributed by atoms with Crippen LogP contribution in [0.2, 0.25) is 0 Å². The van der Waals surface area contributed by atoms with Crippen LogP contribution < -0.4 is 10.6 Å². The minimum atomic E-state index is -0.0898. The van der Waals surface area contributed by atoms with E-state index >= 15 is 0 Å². The minimum absolute atomic E-state index is 0.0898. The van der Waals surface area contributed by atoms with Gasteiger partial charge in [-0.3, -0.25) is 0 Å². The number of nitrogens with zero attached hydrogens (tertiary/aromatic N) is 1. The second-order valence-corrected chi connectivity index (χ2v) is 5.74. The number of nitrogens with two attached hydrogens (primary N) is 1. The van der Waals surface area contributed by atoms with Crippen LogP contribution in [0, 0.1) is 0 Å². The molecule has 1 aromatic rings. The highest BCUT2D eigenvalue weighted by Gasteiger charge is 2.11. The summed E-state index contributed by atoms with van der Waals surface area (Å²) in [5.74, 6) is 0. The number of hydrogen-bond donors (Lipinski definition) is 1. The zero-order valence-electron chi connectivity index (χ0n) is 10.7. The van der Waals surface area contributed by atoms with Crippen LogP contribution in [0.1, 0.15) is 20.3 Å². The molecular weight excluding hydrogens is 216 g/mol. The van der Waals surface area contributed by atoms with E-state index in [0.717, 1.165) is 13.0 Å². The van der Waals surface area contributed by atoms with Crippen molar-refractivity contribution in [2.24, 2.45) is 5.73 Å². The van der Waals surface area contributed by atoms with E-state index in [-0.39, 0.29) is 5.54 Å². The molecule has 0 spiro atoms. The number of anilines is 1. The first-order chi connectivity index (χ1) is 7.42. The largest absolute Gasteiger partial charge is 0.375 e. The van der Waals surface area contributed by atoms with Crippen molar-refractivity contribution in [3.05, 3.63) is 24.3 Å². The Morgan fingerprint density at radius 2 is 1.81 bits per heavy atom. The van der Waals surface area contributed by atoms with Crippen LogP contribution in [0.5, 0.6) is 0 Å². The molecule has 0 bridgehead atoms. The summed E-state index contributed by atoms with van der Waals surface area (Å²) in [6.07, 6.45) is 3.09. The molecule has 0 unspecified atom stereocenters. The minimum Gasteiger partial charge on any atom is -0.375 e. The van der Waals surface area contributed by atoms with Gasteiger partial charge in [0, 0.05) is 29.7 Å². The summed E-state index contributed by atoms with van der Waals surface area (Å²) < 4.78 is 0. The lowest BCUT2D eigenvalue weighted by atomic mass is 10.0. The van der Waals surface area contributed by atoms with Crippen LogP contribution >= 0.6 is 11.8 Å². The summed E-state index contributed by atoms with van der Waals surface area (Å²) in [6.45, 7) is 5.12. The lowest BCUT2D eigenvalue weighted by Crippen LogP contribution is -2.36. The predicted molar refractivity (Wildman–Crippen MR) is 74.4 cm³/mol. The maximum Gasteiger partial charge on any atom is 0.0364 e. The molecule has 16 heavy (non-hydrogen) atoms. The van der Waals surface area contributed by atoms with Crippen molar-refractivity contribution in [3.8, 4) is 0 Å². The van der Waals surface area contributed by atoms with E-state index in [0.29, 0.717) is 0 Å². The molecule has 2 N–H and O–H groups in total. The van der Waals surface area contributed by atoms with Gasteiger partial charge >= 0.3 is 0 Å². The summed E-state index contributed by atoms with van der Waals surface area (Å²) in [5, 5.41) is 0. The average molecular weight is 238 g/mol. The first-order valence-electron chi connectivity index (χ1n) is 5.56. The molecule has 0 amide bonds. The van der Waals surface area contributed by atoms with E-state index in [2.05, 4.69) is 56.3 Å². The Morgan fingerprint density at radius 1 is 1.25 bits per heavy atom. The van der Waals surface area contributed by atoms with Crippen molar-refractivity contribution in [1.29, 1.82) is 0 Å². The van der Waals surface area contributed by atoms with Crippen LogP contribution in [-0.2, 0) is 0 Å². The molecule has 0 aliphatic heterocycles. The Morgan fingerprint density at radius 3 is 2.25 bits per heavy atom. The monoisotopic (exact) mass is 238 g/mol. The zero-order chi connectivity index (χ0) is 12.2. The predicted octanol–water partition coefficient (Wildman–Crippen LogP) is 2.97. The van der Waals surface area contributed by atoms with Crippen LogP contribution in [0.4, 0.5) is 5.69 Å². The normalized spacial score (nSPS) is 11.6. The molecular formula is C13H22N2S. The number of thioether (sulfide) groups is 1. The third-order valence-electron chi connectivity index (χ3n) is 2.60. The second kappa shape index (κ2) is 5.60. The third-order valence-corrected chi connectivity index (χ3v) is 3.35. The van der Waals surface area contributed by atoms with E-state index in [1.165, 1.54) is 10.6 Å². The van der Waals surface area contributed by atoms with E-state index in [1.54, 1.807) is 11.8 Å². The van der Waals surface area contributed by atoms with Crippen molar-refractivity contribution in [2.45, 2.75) is 30.7 Å². The standard InChI is InChI=1S/C13H22N2S/c1-13(2,14)9-10-15(3)11-5-7-12(16-4)8-6-11/h5-8H,9-10,14H2,1-4H3. The smallest absolute Gasteiger partial charge is 0.0364 e. The van der Waals surface area contributed by atoms with Gasteiger partial charge in [-0.25, -0.2) is 0 Å². The van der Waals surface area contributed by atoms with Gasteiger partial charge in [-0.2, -0.15) is 0 Å². The highest BCUT2D eigenvalue weighted by atomic mass is 32.2. The van der Waals surface area contributed by atoms with Gasteiger partial charge in [-0.15, -0.1) is 11.8 Å². The quantitative estimate of drug-likeness (QED) is 0.800.